The summed E-state index contributed by atoms with van der Waals surface area (Å²) in [4.78, 5) is 21.0. The number of carbonyl (C=O) groups excluding carboxylic acids is 1. The number of hydrogen-bond acceptors (Lipinski definition) is 4. The van der Waals surface area contributed by atoms with Crippen LogP contribution in [0.1, 0.15) is 35.8 Å². The number of amides is 1. The molecule has 1 aliphatic rings. The Labute approximate surface area is 120 Å². The van der Waals surface area contributed by atoms with Crippen LogP contribution in [0.15, 0.2) is 12.3 Å². The van der Waals surface area contributed by atoms with E-state index in [-0.39, 0.29) is 11.8 Å². The third kappa shape index (κ3) is 3.10. The van der Waals surface area contributed by atoms with Gasteiger partial charge in [0.05, 0.1) is 18.4 Å². The lowest BCUT2D eigenvalue weighted by atomic mass is 10.1. The zero-order valence-corrected chi connectivity index (χ0v) is 12.7. The number of hydrogen-bond donors (Lipinski definition) is 0. The van der Waals surface area contributed by atoms with E-state index in [9.17, 15) is 4.79 Å². The molecule has 2 heterocycles. The molecule has 1 aromatic rings. The molecule has 1 aliphatic heterocycles. The number of carbonyl (C=O) groups is 1. The molecule has 2 rings (SSSR count). The van der Waals surface area contributed by atoms with E-state index in [1.54, 1.807) is 13.3 Å². The maximum Gasteiger partial charge on any atom is 0.255 e. The molecule has 1 saturated heterocycles. The minimum absolute atomic E-state index is 0.0409. The molecule has 0 unspecified atom stereocenters. The molecule has 20 heavy (non-hydrogen) atoms. The maximum absolute atomic E-state index is 12.5. The van der Waals surface area contributed by atoms with Crippen molar-refractivity contribution in [3.63, 3.8) is 0 Å². The Hall–Kier alpha value is -1.62. The molecule has 0 aliphatic carbocycles. The largest absolute Gasteiger partial charge is 0.495 e. The summed E-state index contributed by atoms with van der Waals surface area (Å²) in [7, 11) is 3.69. The minimum Gasteiger partial charge on any atom is -0.495 e. The molecule has 1 amide bonds. The summed E-state index contributed by atoms with van der Waals surface area (Å²) in [6, 6.07) is 1.81. The van der Waals surface area contributed by atoms with Crippen LogP contribution in [0.2, 0.25) is 0 Å². The Bertz CT molecular complexity index is 480. The molecule has 1 aromatic heterocycles. The van der Waals surface area contributed by atoms with Gasteiger partial charge in [-0.2, -0.15) is 0 Å². The SMILES string of the molecule is COc1cc(C(=O)N2CCN(C)CC2)cnc1C(C)C. The summed E-state index contributed by atoms with van der Waals surface area (Å²) >= 11 is 0. The zero-order valence-electron chi connectivity index (χ0n) is 12.7. The lowest BCUT2D eigenvalue weighted by Gasteiger charge is -2.32. The number of aromatic nitrogens is 1. The second kappa shape index (κ2) is 6.22. The van der Waals surface area contributed by atoms with Crippen molar-refractivity contribution in [1.82, 2.24) is 14.8 Å². The molecule has 0 radical (unpaired) electrons. The molecule has 0 aromatic carbocycles. The van der Waals surface area contributed by atoms with Gasteiger partial charge in [-0.15, -0.1) is 0 Å². The third-order valence-corrected chi connectivity index (χ3v) is 3.69. The van der Waals surface area contributed by atoms with E-state index in [1.807, 2.05) is 11.0 Å². The van der Waals surface area contributed by atoms with E-state index >= 15 is 0 Å². The van der Waals surface area contributed by atoms with Crippen LogP contribution < -0.4 is 4.74 Å². The van der Waals surface area contributed by atoms with Gasteiger partial charge in [0.25, 0.3) is 5.91 Å². The summed E-state index contributed by atoms with van der Waals surface area (Å²) in [5.41, 5.74) is 1.50. The summed E-state index contributed by atoms with van der Waals surface area (Å²) < 4.78 is 5.36. The fourth-order valence-corrected chi connectivity index (χ4v) is 2.36. The Kier molecular flexibility index (Phi) is 4.60. The molecular formula is C15H23N3O2. The van der Waals surface area contributed by atoms with Crippen LogP contribution in [0.4, 0.5) is 0 Å². The maximum atomic E-state index is 12.5. The van der Waals surface area contributed by atoms with Gasteiger partial charge >= 0.3 is 0 Å². The molecule has 1 fully saturated rings. The highest BCUT2D eigenvalue weighted by molar-refractivity contribution is 5.94. The van der Waals surface area contributed by atoms with Crippen LogP contribution in [0, 0.1) is 0 Å². The summed E-state index contributed by atoms with van der Waals surface area (Å²) in [6.45, 7) is 7.49. The monoisotopic (exact) mass is 277 g/mol. The highest BCUT2D eigenvalue weighted by atomic mass is 16.5. The van der Waals surface area contributed by atoms with E-state index in [4.69, 9.17) is 4.74 Å². The van der Waals surface area contributed by atoms with Crippen molar-refractivity contribution in [3.8, 4) is 5.75 Å². The molecule has 0 bridgehead atoms. The molecule has 0 spiro atoms. The van der Waals surface area contributed by atoms with E-state index in [2.05, 4.69) is 30.8 Å². The first-order valence-electron chi connectivity index (χ1n) is 7.04. The van der Waals surface area contributed by atoms with Gasteiger partial charge in [-0.05, 0) is 19.0 Å². The quantitative estimate of drug-likeness (QED) is 0.842. The van der Waals surface area contributed by atoms with Crippen molar-refractivity contribution >= 4 is 5.91 Å². The zero-order chi connectivity index (χ0) is 14.7. The standard InChI is InChI=1S/C15H23N3O2/c1-11(2)14-13(20-4)9-12(10-16-14)15(19)18-7-5-17(3)6-8-18/h9-11H,5-8H2,1-4H3. The highest BCUT2D eigenvalue weighted by Crippen LogP contribution is 2.25. The lowest BCUT2D eigenvalue weighted by Crippen LogP contribution is -2.47. The number of ether oxygens (including phenoxy) is 1. The van der Waals surface area contributed by atoms with Crippen molar-refractivity contribution < 1.29 is 9.53 Å². The second-order valence-electron chi connectivity index (χ2n) is 5.56. The summed E-state index contributed by atoms with van der Waals surface area (Å²) in [5.74, 6) is 1.01. The number of rotatable bonds is 3. The predicted octanol–water partition coefficient (Wildman–Crippen LogP) is 1.60. The van der Waals surface area contributed by atoms with Crippen LogP contribution >= 0.6 is 0 Å². The van der Waals surface area contributed by atoms with E-state index in [1.165, 1.54) is 0 Å². The van der Waals surface area contributed by atoms with Crippen LogP contribution in [-0.2, 0) is 0 Å². The van der Waals surface area contributed by atoms with Gasteiger partial charge in [0.15, 0.2) is 0 Å². The molecule has 0 saturated carbocycles. The van der Waals surface area contributed by atoms with Crippen molar-refractivity contribution in [2.75, 3.05) is 40.3 Å². The Balaban J connectivity index is 2.18. The van der Waals surface area contributed by atoms with Gasteiger partial charge in [-0.1, -0.05) is 13.8 Å². The average Bonchev–Trinajstić information content (AvgIpc) is 2.46. The van der Waals surface area contributed by atoms with Crippen molar-refractivity contribution in [1.29, 1.82) is 0 Å². The van der Waals surface area contributed by atoms with Gasteiger partial charge in [0, 0.05) is 32.4 Å². The van der Waals surface area contributed by atoms with Gasteiger partial charge in [0.1, 0.15) is 5.75 Å². The summed E-state index contributed by atoms with van der Waals surface area (Å²) in [5, 5.41) is 0. The number of pyridine rings is 1. The lowest BCUT2D eigenvalue weighted by molar-refractivity contribution is 0.0663. The average molecular weight is 277 g/mol. The first-order valence-corrected chi connectivity index (χ1v) is 7.04. The van der Waals surface area contributed by atoms with Crippen molar-refractivity contribution in [2.45, 2.75) is 19.8 Å². The first kappa shape index (κ1) is 14.8. The van der Waals surface area contributed by atoms with Crippen LogP contribution in [0.3, 0.4) is 0 Å². The minimum atomic E-state index is 0.0409. The Morgan fingerprint density at radius 3 is 2.50 bits per heavy atom. The van der Waals surface area contributed by atoms with Gasteiger partial charge in [0.2, 0.25) is 0 Å². The number of piperazine rings is 1. The smallest absolute Gasteiger partial charge is 0.255 e. The fraction of sp³-hybridized carbons (Fsp3) is 0.600. The van der Waals surface area contributed by atoms with Crippen LogP contribution in [0.5, 0.6) is 5.75 Å². The molecule has 0 N–H and O–H groups in total. The fourth-order valence-electron chi connectivity index (χ4n) is 2.36. The summed E-state index contributed by atoms with van der Waals surface area (Å²) in [6.07, 6.45) is 1.67. The van der Waals surface area contributed by atoms with E-state index < -0.39 is 0 Å². The number of nitrogens with zero attached hydrogens (tertiary/aromatic N) is 3. The topological polar surface area (TPSA) is 45.7 Å². The highest BCUT2D eigenvalue weighted by Gasteiger charge is 2.22. The van der Waals surface area contributed by atoms with E-state index in [0.29, 0.717) is 11.3 Å². The molecule has 5 heteroatoms. The Morgan fingerprint density at radius 1 is 1.30 bits per heavy atom. The van der Waals surface area contributed by atoms with Crippen molar-refractivity contribution in [2.24, 2.45) is 0 Å². The van der Waals surface area contributed by atoms with Gasteiger partial charge < -0.3 is 14.5 Å². The third-order valence-electron chi connectivity index (χ3n) is 3.69. The molecule has 110 valence electrons. The van der Waals surface area contributed by atoms with Crippen LogP contribution in [0.25, 0.3) is 0 Å². The van der Waals surface area contributed by atoms with Gasteiger partial charge in [-0.3, -0.25) is 9.78 Å². The second-order valence-corrected chi connectivity index (χ2v) is 5.56. The van der Waals surface area contributed by atoms with Crippen molar-refractivity contribution in [3.05, 3.63) is 23.5 Å². The molecule has 0 atom stereocenters. The normalized spacial score (nSPS) is 16.6. The number of methoxy groups -OCH3 is 1. The van der Waals surface area contributed by atoms with E-state index in [0.717, 1.165) is 31.9 Å². The predicted molar refractivity (Wildman–Crippen MR) is 78.3 cm³/mol. The Morgan fingerprint density at radius 2 is 1.95 bits per heavy atom. The number of likely N-dealkylation sites (N-methyl/N-ethyl adjacent to an activating group) is 1. The van der Waals surface area contributed by atoms with Gasteiger partial charge in [-0.25, -0.2) is 0 Å². The first-order chi connectivity index (χ1) is 9.52. The molecular weight excluding hydrogens is 254 g/mol. The van der Waals surface area contributed by atoms with Crippen LogP contribution in [-0.4, -0.2) is 61.0 Å². The molecule has 5 nitrogen and oxygen atoms in total.